The van der Waals surface area contributed by atoms with Crippen molar-refractivity contribution in [3.05, 3.63) is 35.1 Å². The van der Waals surface area contributed by atoms with Crippen LogP contribution in [0.3, 0.4) is 0 Å². The molecule has 3 nitrogen and oxygen atoms in total. The second-order valence-corrected chi connectivity index (χ2v) is 5.25. The Bertz CT molecular complexity index is 407. The van der Waals surface area contributed by atoms with E-state index in [1.54, 1.807) is 0 Å². The van der Waals surface area contributed by atoms with Gasteiger partial charge in [0.2, 0.25) is 0 Å². The van der Waals surface area contributed by atoms with Crippen LogP contribution in [0.2, 0.25) is 0 Å². The predicted octanol–water partition coefficient (Wildman–Crippen LogP) is 2.02. The summed E-state index contributed by atoms with van der Waals surface area (Å²) in [5, 5.41) is 8.99. The molecule has 0 radical (unpaired) electrons. The van der Waals surface area contributed by atoms with Crippen molar-refractivity contribution in [1.29, 1.82) is 0 Å². The first-order valence-corrected chi connectivity index (χ1v) is 7.07. The Morgan fingerprint density at radius 1 is 1.32 bits per heavy atom. The first-order chi connectivity index (χ1) is 9.24. The second kappa shape index (κ2) is 6.98. The van der Waals surface area contributed by atoms with Gasteiger partial charge in [-0.05, 0) is 42.5 Å². The third kappa shape index (κ3) is 3.75. The molecule has 1 fully saturated rings. The zero-order chi connectivity index (χ0) is 13.7. The Kier molecular flexibility index (Phi) is 5.31. The summed E-state index contributed by atoms with van der Waals surface area (Å²) in [5.74, 6) is -0.227. The predicted molar refractivity (Wildman–Crippen MR) is 74.0 cm³/mol. The first kappa shape index (κ1) is 14.4. The molecule has 0 aliphatic heterocycles. The fraction of sp³-hybridized carbons (Fsp3) is 0.600. The summed E-state index contributed by atoms with van der Waals surface area (Å²) in [5.41, 5.74) is 7.68. The van der Waals surface area contributed by atoms with E-state index in [2.05, 4.69) is 4.90 Å². The van der Waals surface area contributed by atoms with Gasteiger partial charge in [-0.1, -0.05) is 12.5 Å². The van der Waals surface area contributed by atoms with Crippen LogP contribution in [0.5, 0.6) is 0 Å². The number of nitrogens with two attached hydrogens (primary N) is 1. The van der Waals surface area contributed by atoms with Crippen LogP contribution in [0.4, 0.5) is 4.39 Å². The summed E-state index contributed by atoms with van der Waals surface area (Å²) in [7, 11) is 0. The summed E-state index contributed by atoms with van der Waals surface area (Å²) >= 11 is 0. The van der Waals surface area contributed by atoms with Gasteiger partial charge >= 0.3 is 0 Å². The van der Waals surface area contributed by atoms with E-state index in [0.29, 0.717) is 12.6 Å². The molecule has 1 aromatic carbocycles. The van der Waals surface area contributed by atoms with Gasteiger partial charge in [0.15, 0.2) is 0 Å². The van der Waals surface area contributed by atoms with E-state index < -0.39 is 0 Å². The quantitative estimate of drug-likeness (QED) is 0.794. The minimum Gasteiger partial charge on any atom is -0.396 e. The lowest BCUT2D eigenvalue weighted by atomic mass is 9.90. The Morgan fingerprint density at radius 2 is 2.11 bits per heavy atom. The fourth-order valence-electron chi connectivity index (χ4n) is 2.57. The summed E-state index contributed by atoms with van der Waals surface area (Å²) in [4.78, 5) is 2.39. The third-order valence-electron chi connectivity index (χ3n) is 3.96. The lowest BCUT2D eigenvalue weighted by molar-refractivity contribution is 0.109. The molecule has 19 heavy (non-hydrogen) atoms. The highest BCUT2D eigenvalue weighted by molar-refractivity contribution is 5.27. The Morgan fingerprint density at radius 3 is 2.68 bits per heavy atom. The Hall–Kier alpha value is -0.970. The number of hydrogen-bond acceptors (Lipinski definition) is 3. The molecule has 0 amide bonds. The summed E-state index contributed by atoms with van der Waals surface area (Å²) in [6.45, 7) is 2.28. The lowest BCUT2D eigenvalue weighted by Gasteiger charge is -2.38. The summed E-state index contributed by atoms with van der Waals surface area (Å²) in [6.07, 6.45) is 4.53. The summed E-state index contributed by atoms with van der Waals surface area (Å²) in [6, 6.07) is 5.48. The van der Waals surface area contributed by atoms with Gasteiger partial charge in [0.25, 0.3) is 0 Å². The molecule has 2 rings (SSSR count). The number of aliphatic hydroxyl groups is 1. The largest absolute Gasteiger partial charge is 0.396 e. The monoisotopic (exact) mass is 266 g/mol. The van der Waals surface area contributed by atoms with E-state index in [-0.39, 0.29) is 12.4 Å². The van der Waals surface area contributed by atoms with Crippen molar-refractivity contribution >= 4 is 0 Å². The minimum atomic E-state index is -0.227. The van der Waals surface area contributed by atoms with E-state index in [1.807, 2.05) is 6.07 Å². The molecule has 0 aromatic heterocycles. The van der Waals surface area contributed by atoms with Crippen molar-refractivity contribution in [2.24, 2.45) is 5.73 Å². The van der Waals surface area contributed by atoms with Gasteiger partial charge in [-0.3, -0.25) is 4.90 Å². The molecular weight excluding hydrogens is 243 g/mol. The fourth-order valence-corrected chi connectivity index (χ4v) is 2.57. The van der Waals surface area contributed by atoms with Gasteiger partial charge in [0.05, 0.1) is 0 Å². The van der Waals surface area contributed by atoms with Crippen LogP contribution in [0.15, 0.2) is 18.2 Å². The van der Waals surface area contributed by atoms with Crippen LogP contribution < -0.4 is 5.73 Å². The molecule has 0 heterocycles. The highest BCUT2D eigenvalue weighted by Gasteiger charge is 2.24. The van der Waals surface area contributed by atoms with Crippen LogP contribution in [-0.2, 0) is 13.1 Å². The van der Waals surface area contributed by atoms with Crippen LogP contribution in [0.1, 0.15) is 36.8 Å². The van der Waals surface area contributed by atoms with Crippen LogP contribution in [-0.4, -0.2) is 29.2 Å². The van der Waals surface area contributed by atoms with Gasteiger partial charge in [-0.2, -0.15) is 0 Å². The van der Waals surface area contributed by atoms with Gasteiger partial charge < -0.3 is 10.8 Å². The number of rotatable bonds is 7. The molecule has 0 unspecified atom stereocenters. The molecule has 106 valence electrons. The Balaban J connectivity index is 2.06. The molecule has 0 spiro atoms. The molecular formula is C15H23FN2O. The zero-order valence-electron chi connectivity index (χ0n) is 11.3. The number of aliphatic hydroxyl groups excluding tert-OH is 1. The van der Waals surface area contributed by atoms with Gasteiger partial charge in [-0.15, -0.1) is 0 Å². The van der Waals surface area contributed by atoms with E-state index in [9.17, 15) is 4.39 Å². The van der Waals surface area contributed by atoms with Crippen molar-refractivity contribution in [2.75, 3.05) is 13.2 Å². The van der Waals surface area contributed by atoms with Crippen molar-refractivity contribution in [3.63, 3.8) is 0 Å². The number of nitrogens with zero attached hydrogens (tertiary/aromatic N) is 1. The van der Waals surface area contributed by atoms with Gasteiger partial charge in [0, 0.05) is 32.3 Å². The maximum atomic E-state index is 13.2. The molecule has 1 aliphatic rings. The Labute approximate surface area is 114 Å². The average Bonchev–Trinajstić information content (AvgIpc) is 2.35. The zero-order valence-corrected chi connectivity index (χ0v) is 11.3. The lowest BCUT2D eigenvalue weighted by Crippen LogP contribution is -2.40. The number of hydrogen-bond donors (Lipinski definition) is 2. The average molecular weight is 266 g/mol. The topological polar surface area (TPSA) is 49.5 Å². The molecule has 3 N–H and O–H groups in total. The van der Waals surface area contributed by atoms with E-state index >= 15 is 0 Å². The molecule has 1 saturated carbocycles. The third-order valence-corrected chi connectivity index (χ3v) is 3.96. The van der Waals surface area contributed by atoms with Crippen molar-refractivity contribution in [1.82, 2.24) is 4.90 Å². The van der Waals surface area contributed by atoms with Crippen LogP contribution >= 0.6 is 0 Å². The molecule has 0 bridgehead atoms. The standard InChI is InChI=1S/C15H23FN2O/c16-14-6-5-12(13(9-14)10-17)11-18(7-2-8-19)15-3-1-4-15/h5-6,9,15,19H,1-4,7-8,10-11,17H2. The van der Waals surface area contributed by atoms with Gasteiger partial charge in [-0.25, -0.2) is 4.39 Å². The highest BCUT2D eigenvalue weighted by Crippen LogP contribution is 2.27. The smallest absolute Gasteiger partial charge is 0.123 e. The van der Waals surface area contributed by atoms with Crippen molar-refractivity contribution in [3.8, 4) is 0 Å². The molecule has 1 aliphatic carbocycles. The maximum Gasteiger partial charge on any atom is 0.123 e. The van der Waals surface area contributed by atoms with Crippen LogP contribution in [0, 0.1) is 5.82 Å². The normalized spacial score (nSPS) is 15.8. The SMILES string of the molecule is NCc1cc(F)ccc1CN(CCCO)C1CCC1. The van der Waals surface area contributed by atoms with Crippen molar-refractivity contribution < 1.29 is 9.50 Å². The first-order valence-electron chi connectivity index (χ1n) is 7.07. The van der Waals surface area contributed by atoms with E-state index in [4.69, 9.17) is 10.8 Å². The number of benzene rings is 1. The van der Waals surface area contributed by atoms with Crippen LogP contribution in [0.25, 0.3) is 0 Å². The van der Waals surface area contributed by atoms with E-state index in [0.717, 1.165) is 30.6 Å². The molecule has 1 aromatic rings. The molecule has 0 saturated heterocycles. The minimum absolute atomic E-state index is 0.219. The summed E-state index contributed by atoms with van der Waals surface area (Å²) < 4.78 is 13.2. The molecule has 4 heteroatoms. The van der Waals surface area contributed by atoms with Gasteiger partial charge in [0.1, 0.15) is 5.82 Å². The second-order valence-electron chi connectivity index (χ2n) is 5.25. The van der Waals surface area contributed by atoms with E-state index in [1.165, 1.54) is 31.4 Å². The molecule has 0 atom stereocenters. The highest BCUT2D eigenvalue weighted by atomic mass is 19.1. The maximum absolute atomic E-state index is 13.2. The number of halogens is 1. The van der Waals surface area contributed by atoms with Crippen molar-refractivity contribution in [2.45, 2.75) is 44.8 Å².